The lowest BCUT2D eigenvalue weighted by Crippen LogP contribution is -2.41. The third-order valence-electron chi connectivity index (χ3n) is 3.07. The summed E-state index contributed by atoms with van der Waals surface area (Å²) >= 11 is 0. The van der Waals surface area contributed by atoms with Crippen molar-refractivity contribution in [2.24, 2.45) is 5.73 Å². The van der Waals surface area contributed by atoms with Crippen molar-refractivity contribution in [3.05, 3.63) is 29.1 Å². The molecule has 136 valence electrons. The van der Waals surface area contributed by atoms with Crippen LogP contribution in [0.3, 0.4) is 0 Å². The zero-order chi connectivity index (χ0) is 18.9. The number of esters is 1. The van der Waals surface area contributed by atoms with Gasteiger partial charge in [-0.25, -0.2) is 18.0 Å². The molecule has 0 fully saturated rings. The lowest BCUT2D eigenvalue weighted by molar-refractivity contribution is -0.159. The van der Waals surface area contributed by atoms with Gasteiger partial charge in [-0.15, -0.1) is 0 Å². The normalized spacial score (nSPS) is 12.4. The number of benzene rings is 1. The van der Waals surface area contributed by atoms with Gasteiger partial charge in [0.05, 0.1) is 0 Å². The molecule has 1 aromatic rings. The number of ether oxygens (including phenoxy) is 2. The van der Waals surface area contributed by atoms with Gasteiger partial charge in [0.1, 0.15) is 0 Å². The summed E-state index contributed by atoms with van der Waals surface area (Å²) in [6.07, 6.45) is 0.353. The smallest absolute Gasteiger partial charge is 0.343 e. The number of carbonyl (C=O) groups is 1. The molecule has 0 radical (unpaired) electrons. The molecule has 0 aliphatic heterocycles. The summed E-state index contributed by atoms with van der Waals surface area (Å²) < 4.78 is 75.7. The Balaban J connectivity index is 2.95. The molecule has 0 atom stereocenters. The van der Waals surface area contributed by atoms with Crippen LogP contribution in [0.2, 0.25) is 0 Å². The third kappa shape index (κ3) is 4.64. The molecule has 1 rings (SSSR count). The van der Waals surface area contributed by atoms with E-state index in [2.05, 4.69) is 4.74 Å². The van der Waals surface area contributed by atoms with Crippen molar-refractivity contribution in [1.29, 1.82) is 0 Å². The van der Waals surface area contributed by atoms with E-state index in [1.54, 1.807) is 13.8 Å². The lowest BCUT2D eigenvalue weighted by Gasteiger charge is -2.26. The molecule has 0 amide bonds. The van der Waals surface area contributed by atoms with Gasteiger partial charge in [0.2, 0.25) is 34.8 Å². The van der Waals surface area contributed by atoms with Crippen molar-refractivity contribution in [2.45, 2.75) is 45.3 Å². The van der Waals surface area contributed by atoms with Crippen molar-refractivity contribution in [3.63, 3.8) is 0 Å². The highest BCUT2D eigenvalue weighted by Gasteiger charge is 2.35. The summed E-state index contributed by atoms with van der Waals surface area (Å²) in [7, 11) is 0. The quantitative estimate of drug-likeness (QED) is 0.280. The molecule has 24 heavy (non-hydrogen) atoms. The first kappa shape index (κ1) is 20.3. The van der Waals surface area contributed by atoms with Gasteiger partial charge in [-0.05, 0) is 34.1 Å². The fourth-order valence-electron chi connectivity index (χ4n) is 1.52. The Morgan fingerprint density at radius 2 is 1.33 bits per heavy atom. The summed E-state index contributed by atoms with van der Waals surface area (Å²) in [6.45, 7) is 5.91. The Kier molecular flexibility index (Phi) is 5.94. The summed E-state index contributed by atoms with van der Waals surface area (Å²) in [6, 6.07) is 0. The Hall–Kier alpha value is -1.74. The molecule has 0 unspecified atom stereocenters. The van der Waals surface area contributed by atoms with E-state index in [0.717, 1.165) is 0 Å². The molecule has 4 nitrogen and oxygen atoms in total. The van der Waals surface area contributed by atoms with Gasteiger partial charge in [-0.3, -0.25) is 0 Å². The zero-order valence-corrected chi connectivity index (χ0v) is 13.6. The van der Waals surface area contributed by atoms with Crippen LogP contribution in [0.1, 0.15) is 34.1 Å². The van der Waals surface area contributed by atoms with Crippen molar-refractivity contribution in [3.8, 4) is 5.75 Å². The number of hydrogen-bond acceptors (Lipinski definition) is 4. The number of halogens is 5. The minimum Gasteiger partial charge on any atom is -0.418 e. The standard InChI is InChI=1S/C15H18F5NO3/c1-14(2,21)5-6-23-15(3,4)13(22)24-12-10(19)8(17)7(16)9(18)11(12)20/h5-6,21H2,1-4H3. The lowest BCUT2D eigenvalue weighted by atomic mass is 10.0. The highest BCUT2D eigenvalue weighted by Crippen LogP contribution is 2.30. The van der Waals surface area contributed by atoms with Crippen molar-refractivity contribution < 1.29 is 36.2 Å². The summed E-state index contributed by atoms with van der Waals surface area (Å²) in [5, 5.41) is 0. The highest BCUT2D eigenvalue weighted by molar-refractivity contribution is 5.81. The van der Waals surface area contributed by atoms with Crippen LogP contribution in [-0.2, 0) is 9.53 Å². The Labute approximate surface area is 135 Å². The predicted molar refractivity (Wildman–Crippen MR) is 74.8 cm³/mol. The molecule has 9 heteroatoms. The van der Waals surface area contributed by atoms with E-state index in [0.29, 0.717) is 6.42 Å². The van der Waals surface area contributed by atoms with Crippen molar-refractivity contribution in [2.75, 3.05) is 6.61 Å². The third-order valence-corrected chi connectivity index (χ3v) is 3.07. The average molecular weight is 355 g/mol. The predicted octanol–water partition coefficient (Wildman–Crippen LogP) is 3.21. The molecule has 0 aliphatic carbocycles. The van der Waals surface area contributed by atoms with Crippen LogP contribution in [0.25, 0.3) is 0 Å². The van der Waals surface area contributed by atoms with Crippen LogP contribution < -0.4 is 10.5 Å². The second-order valence-electron chi connectivity index (χ2n) is 6.39. The minimum absolute atomic E-state index is 0.0166. The first-order chi connectivity index (χ1) is 10.8. The number of nitrogens with two attached hydrogens (primary N) is 1. The molecule has 0 heterocycles. The molecule has 1 aromatic carbocycles. The Bertz CT molecular complexity index is 612. The van der Waals surface area contributed by atoms with E-state index < -0.39 is 51.9 Å². The summed E-state index contributed by atoms with van der Waals surface area (Å²) in [4.78, 5) is 12.0. The van der Waals surface area contributed by atoms with E-state index >= 15 is 0 Å². The van der Waals surface area contributed by atoms with Crippen LogP contribution in [0.4, 0.5) is 22.0 Å². The largest absolute Gasteiger partial charge is 0.418 e. The molecule has 0 saturated carbocycles. The van der Waals surface area contributed by atoms with E-state index in [9.17, 15) is 26.7 Å². The number of rotatable bonds is 6. The molecule has 0 saturated heterocycles. The first-order valence-corrected chi connectivity index (χ1v) is 6.94. The van der Waals surface area contributed by atoms with Crippen molar-refractivity contribution in [1.82, 2.24) is 0 Å². The maximum absolute atomic E-state index is 13.5. The number of carbonyl (C=O) groups excluding carboxylic acids is 1. The topological polar surface area (TPSA) is 61.5 Å². The monoisotopic (exact) mass is 355 g/mol. The van der Waals surface area contributed by atoms with Gasteiger partial charge in [-0.2, -0.15) is 8.78 Å². The fourth-order valence-corrected chi connectivity index (χ4v) is 1.52. The highest BCUT2D eigenvalue weighted by atomic mass is 19.2. The van der Waals surface area contributed by atoms with Crippen LogP contribution >= 0.6 is 0 Å². The minimum atomic E-state index is -2.34. The first-order valence-electron chi connectivity index (χ1n) is 6.94. The zero-order valence-electron chi connectivity index (χ0n) is 13.6. The van der Waals surface area contributed by atoms with Crippen molar-refractivity contribution >= 4 is 5.97 Å². The van der Waals surface area contributed by atoms with Crippen LogP contribution in [0.5, 0.6) is 5.75 Å². The second kappa shape index (κ2) is 7.02. The molecule has 0 aromatic heterocycles. The van der Waals surface area contributed by atoms with Crippen LogP contribution in [0.15, 0.2) is 0 Å². The molecular weight excluding hydrogens is 337 g/mol. The van der Waals surface area contributed by atoms with Gasteiger partial charge >= 0.3 is 5.97 Å². The van der Waals surface area contributed by atoms with Crippen LogP contribution in [0, 0.1) is 29.1 Å². The van der Waals surface area contributed by atoms with Gasteiger partial charge in [0, 0.05) is 12.1 Å². The Morgan fingerprint density at radius 1 is 0.917 bits per heavy atom. The SMILES string of the molecule is CC(C)(N)CCOC(C)(C)C(=O)Oc1c(F)c(F)c(F)c(F)c1F. The summed E-state index contributed by atoms with van der Waals surface area (Å²) in [5.74, 6) is -14.2. The molecule has 0 spiro atoms. The Morgan fingerprint density at radius 3 is 1.75 bits per heavy atom. The summed E-state index contributed by atoms with van der Waals surface area (Å²) in [5.41, 5.74) is 3.47. The maximum Gasteiger partial charge on any atom is 0.343 e. The maximum atomic E-state index is 13.5. The van der Waals surface area contributed by atoms with E-state index in [4.69, 9.17) is 10.5 Å². The van der Waals surface area contributed by atoms with Crippen LogP contribution in [-0.4, -0.2) is 23.7 Å². The molecule has 0 bridgehead atoms. The fraction of sp³-hybridized carbons (Fsp3) is 0.533. The molecular formula is C15H18F5NO3. The number of hydrogen-bond donors (Lipinski definition) is 1. The molecule has 0 aliphatic rings. The van der Waals surface area contributed by atoms with E-state index in [-0.39, 0.29) is 6.61 Å². The van der Waals surface area contributed by atoms with Gasteiger partial charge in [0.15, 0.2) is 5.60 Å². The van der Waals surface area contributed by atoms with E-state index in [1.807, 2.05) is 0 Å². The van der Waals surface area contributed by atoms with Gasteiger partial charge in [-0.1, -0.05) is 0 Å². The van der Waals surface area contributed by atoms with Gasteiger partial charge in [0.25, 0.3) is 0 Å². The molecule has 2 N–H and O–H groups in total. The van der Waals surface area contributed by atoms with Gasteiger partial charge < -0.3 is 15.2 Å². The van der Waals surface area contributed by atoms with E-state index in [1.165, 1.54) is 13.8 Å². The average Bonchev–Trinajstić information content (AvgIpc) is 2.45. The second-order valence-corrected chi connectivity index (χ2v) is 6.39.